The van der Waals surface area contributed by atoms with Crippen LogP contribution in [0.2, 0.25) is 0 Å². The van der Waals surface area contributed by atoms with Crippen LogP contribution >= 0.6 is 0 Å². The van der Waals surface area contributed by atoms with Gasteiger partial charge in [-0.15, -0.1) is 0 Å². The van der Waals surface area contributed by atoms with Gasteiger partial charge in [-0.25, -0.2) is 9.97 Å². The quantitative estimate of drug-likeness (QED) is 0.587. The molecule has 0 saturated carbocycles. The van der Waals surface area contributed by atoms with Gasteiger partial charge in [0.15, 0.2) is 11.5 Å². The van der Waals surface area contributed by atoms with Crippen molar-refractivity contribution in [3.8, 4) is 17.2 Å². The van der Waals surface area contributed by atoms with Crippen molar-refractivity contribution in [1.82, 2.24) is 15.3 Å². The van der Waals surface area contributed by atoms with Gasteiger partial charge in [0, 0.05) is 37.8 Å². The van der Waals surface area contributed by atoms with Crippen LogP contribution in [0.4, 0.5) is 11.6 Å². The molecule has 1 aromatic carbocycles. The van der Waals surface area contributed by atoms with Gasteiger partial charge in [-0.2, -0.15) is 0 Å². The molecule has 1 aromatic heterocycles. The van der Waals surface area contributed by atoms with E-state index in [0.717, 1.165) is 30.5 Å². The van der Waals surface area contributed by atoms with Gasteiger partial charge in [0.1, 0.15) is 17.5 Å². The number of carbonyl (C=O) groups excluding carboxylic acids is 1. The molecule has 2 N–H and O–H groups in total. The SMILES string of the molecule is COc1cc(C(=O)NCCNc2cc(N3CCCCC3)nc(C)n2)cc(OC)c1OC. The largest absolute Gasteiger partial charge is 0.493 e. The van der Waals surface area contributed by atoms with E-state index in [1.165, 1.54) is 40.6 Å². The Balaban J connectivity index is 1.57. The zero-order chi connectivity index (χ0) is 22.2. The highest BCUT2D eigenvalue weighted by molar-refractivity contribution is 5.95. The molecule has 3 rings (SSSR count). The molecule has 168 valence electrons. The summed E-state index contributed by atoms with van der Waals surface area (Å²) in [6, 6.07) is 5.23. The summed E-state index contributed by atoms with van der Waals surface area (Å²) in [5.41, 5.74) is 0.430. The number of hydrogen-bond acceptors (Lipinski definition) is 8. The number of benzene rings is 1. The topological polar surface area (TPSA) is 97.8 Å². The molecule has 0 spiro atoms. The first-order chi connectivity index (χ1) is 15.0. The predicted octanol–water partition coefficient (Wildman–Crippen LogP) is 2.64. The fourth-order valence-corrected chi connectivity index (χ4v) is 3.61. The summed E-state index contributed by atoms with van der Waals surface area (Å²) >= 11 is 0. The minimum absolute atomic E-state index is 0.228. The molecule has 1 amide bonds. The maximum Gasteiger partial charge on any atom is 0.251 e. The fraction of sp³-hybridized carbons (Fsp3) is 0.500. The number of nitrogens with zero attached hydrogens (tertiary/aromatic N) is 3. The van der Waals surface area contributed by atoms with E-state index in [1.807, 2.05) is 13.0 Å². The highest BCUT2D eigenvalue weighted by Gasteiger charge is 2.17. The van der Waals surface area contributed by atoms with Crippen LogP contribution in [0.1, 0.15) is 35.4 Å². The fourth-order valence-electron chi connectivity index (χ4n) is 3.61. The van der Waals surface area contributed by atoms with Crippen molar-refractivity contribution in [3.05, 3.63) is 29.6 Å². The van der Waals surface area contributed by atoms with E-state index in [9.17, 15) is 4.79 Å². The van der Waals surface area contributed by atoms with E-state index in [4.69, 9.17) is 14.2 Å². The third-order valence-electron chi connectivity index (χ3n) is 5.15. The molecule has 1 aliphatic heterocycles. The minimum Gasteiger partial charge on any atom is -0.493 e. The Morgan fingerprint density at radius 3 is 2.26 bits per heavy atom. The molecule has 1 saturated heterocycles. The number of rotatable bonds is 9. The lowest BCUT2D eigenvalue weighted by molar-refractivity contribution is 0.0954. The first-order valence-electron chi connectivity index (χ1n) is 10.5. The van der Waals surface area contributed by atoms with Crippen LogP contribution in [0.5, 0.6) is 17.2 Å². The summed E-state index contributed by atoms with van der Waals surface area (Å²) in [4.78, 5) is 23.9. The number of ether oxygens (including phenoxy) is 3. The number of anilines is 2. The van der Waals surface area contributed by atoms with E-state index in [-0.39, 0.29) is 5.91 Å². The second-order valence-electron chi connectivity index (χ2n) is 7.30. The second-order valence-corrected chi connectivity index (χ2v) is 7.30. The van der Waals surface area contributed by atoms with E-state index < -0.39 is 0 Å². The molecular formula is C22H31N5O4. The Labute approximate surface area is 183 Å². The number of nitrogens with one attached hydrogen (secondary N) is 2. The van der Waals surface area contributed by atoms with E-state index in [2.05, 4.69) is 25.5 Å². The number of methoxy groups -OCH3 is 3. The van der Waals surface area contributed by atoms with Crippen molar-refractivity contribution in [1.29, 1.82) is 0 Å². The third kappa shape index (κ3) is 5.68. The van der Waals surface area contributed by atoms with Gasteiger partial charge in [0.2, 0.25) is 5.75 Å². The maximum atomic E-state index is 12.6. The third-order valence-corrected chi connectivity index (χ3v) is 5.15. The lowest BCUT2D eigenvalue weighted by atomic mass is 10.1. The van der Waals surface area contributed by atoms with Crippen molar-refractivity contribution in [2.24, 2.45) is 0 Å². The maximum absolute atomic E-state index is 12.6. The number of hydrogen-bond donors (Lipinski definition) is 2. The van der Waals surface area contributed by atoms with Crippen molar-refractivity contribution >= 4 is 17.5 Å². The number of carbonyl (C=O) groups is 1. The molecule has 0 radical (unpaired) electrons. The van der Waals surface area contributed by atoms with Crippen LogP contribution < -0.4 is 29.7 Å². The lowest BCUT2D eigenvalue weighted by Gasteiger charge is -2.28. The summed E-state index contributed by atoms with van der Waals surface area (Å²) in [6.45, 7) is 4.91. The number of aromatic nitrogens is 2. The molecule has 9 heteroatoms. The van der Waals surface area contributed by atoms with Crippen LogP contribution in [0, 0.1) is 6.92 Å². The molecule has 0 atom stereocenters. The van der Waals surface area contributed by atoms with Gasteiger partial charge >= 0.3 is 0 Å². The highest BCUT2D eigenvalue weighted by Crippen LogP contribution is 2.38. The molecule has 0 bridgehead atoms. The first kappa shape index (κ1) is 22.5. The van der Waals surface area contributed by atoms with Crippen LogP contribution in [-0.4, -0.2) is 63.4 Å². The van der Waals surface area contributed by atoms with Gasteiger partial charge in [0.25, 0.3) is 5.91 Å². The molecule has 2 heterocycles. The Morgan fingerprint density at radius 1 is 0.968 bits per heavy atom. The molecule has 0 aliphatic carbocycles. The normalized spacial score (nSPS) is 13.5. The van der Waals surface area contributed by atoms with Crippen LogP contribution in [-0.2, 0) is 0 Å². The lowest BCUT2D eigenvalue weighted by Crippen LogP contribution is -2.31. The minimum atomic E-state index is -0.228. The molecule has 1 aliphatic rings. The summed E-state index contributed by atoms with van der Waals surface area (Å²) in [5.74, 6) is 3.54. The van der Waals surface area contributed by atoms with Gasteiger partial charge < -0.3 is 29.7 Å². The van der Waals surface area contributed by atoms with Gasteiger partial charge in [0.05, 0.1) is 21.3 Å². The van der Waals surface area contributed by atoms with Crippen LogP contribution in [0.3, 0.4) is 0 Å². The van der Waals surface area contributed by atoms with E-state index in [1.54, 1.807) is 12.1 Å². The average molecular weight is 430 g/mol. The number of piperidine rings is 1. The molecular weight excluding hydrogens is 398 g/mol. The summed E-state index contributed by atoms with van der Waals surface area (Å²) < 4.78 is 15.9. The average Bonchev–Trinajstić information content (AvgIpc) is 2.80. The van der Waals surface area contributed by atoms with Crippen LogP contribution in [0.25, 0.3) is 0 Å². The van der Waals surface area contributed by atoms with Crippen LogP contribution in [0.15, 0.2) is 18.2 Å². The Morgan fingerprint density at radius 2 is 1.65 bits per heavy atom. The first-order valence-corrected chi connectivity index (χ1v) is 10.5. The molecule has 0 unspecified atom stereocenters. The van der Waals surface area contributed by atoms with Gasteiger partial charge in [-0.3, -0.25) is 4.79 Å². The number of amides is 1. The summed E-state index contributed by atoms with van der Waals surface area (Å²) in [5, 5.41) is 6.17. The van der Waals surface area contributed by atoms with Crippen molar-refractivity contribution in [2.45, 2.75) is 26.2 Å². The van der Waals surface area contributed by atoms with Crippen molar-refractivity contribution < 1.29 is 19.0 Å². The second kappa shape index (κ2) is 10.7. The standard InChI is InChI=1S/C22H31N5O4/c1-15-25-19(14-20(26-15)27-10-6-5-7-11-27)23-8-9-24-22(28)16-12-17(29-2)21(31-4)18(13-16)30-3/h12-14H,5-11H2,1-4H3,(H,24,28)(H,23,25,26). The summed E-state index contributed by atoms with van der Waals surface area (Å²) in [7, 11) is 4.56. The number of aryl methyl sites for hydroxylation is 1. The molecule has 9 nitrogen and oxygen atoms in total. The zero-order valence-corrected chi connectivity index (χ0v) is 18.7. The van der Waals surface area contributed by atoms with Crippen molar-refractivity contribution in [3.63, 3.8) is 0 Å². The summed E-state index contributed by atoms with van der Waals surface area (Å²) in [6.07, 6.45) is 3.66. The molecule has 1 fully saturated rings. The smallest absolute Gasteiger partial charge is 0.251 e. The highest BCUT2D eigenvalue weighted by atomic mass is 16.5. The molecule has 2 aromatic rings. The Bertz CT molecular complexity index is 874. The Hall–Kier alpha value is -3.23. The Kier molecular flexibility index (Phi) is 7.75. The van der Waals surface area contributed by atoms with Gasteiger partial charge in [-0.05, 0) is 38.3 Å². The van der Waals surface area contributed by atoms with E-state index >= 15 is 0 Å². The van der Waals surface area contributed by atoms with E-state index in [0.29, 0.717) is 35.9 Å². The van der Waals surface area contributed by atoms with Crippen molar-refractivity contribution in [2.75, 3.05) is 57.7 Å². The van der Waals surface area contributed by atoms with Gasteiger partial charge in [-0.1, -0.05) is 0 Å². The monoisotopic (exact) mass is 429 g/mol. The zero-order valence-electron chi connectivity index (χ0n) is 18.7. The molecule has 31 heavy (non-hydrogen) atoms. The predicted molar refractivity (Wildman–Crippen MR) is 120 cm³/mol.